The summed E-state index contributed by atoms with van der Waals surface area (Å²) >= 11 is 0. The zero-order chi connectivity index (χ0) is 18.3. The highest BCUT2D eigenvalue weighted by molar-refractivity contribution is 5.78. The van der Waals surface area contributed by atoms with E-state index in [0.717, 1.165) is 30.0 Å². The van der Waals surface area contributed by atoms with Gasteiger partial charge in [-0.05, 0) is 19.1 Å². The molecule has 2 unspecified atom stereocenters. The Labute approximate surface area is 156 Å². The van der Waals surface area contributed by atoms with Crippen LogP contribution in [-0.2, 0) is 0 Å². The van der Waals surface area contributed by atoms with Gasteiger partial charge in [0.05, 0.1) is 33.2 Å². The van der Waals surface area contributed by atoms with Gasteiger partial charge in [0.1, 0.15) is 17.6 Å². The number of ether oxygens (including phenoxy) is 2. The van der Waals surface area contributed by atoms with Crippen LogP contribution in [0.15, 0.2) is 54.1 Å². The van der Waals surface area contributed by atoms with E-state index in [-0.39, 0.29) is 12.0 Å². The summed E-state index contributed by atoms with van der Waals surface area (Å²) in [6.45, 7) is 3.72. The Balaban J connectivity index is 1.80. The molecule has 2 aromatic carbocycles. The van der Waals surface area contributed by atoms with E-state index in [1.807, 2.05) is 26.2 Å². The lowest BCUT2D eigenvalue weighted by Crippen LogP contribution is -2.33. The highest BCUT2D eigenvalue weighted by atomic mass is 16.5. The van der Waals surface area contributed by atoms with Crippen molar-refractivity contribution in [2.24, 2.45) is 0 Å². The summed E-state index contributed by atoms with van der Waals surface area (Å²) in [7, 11) is 10.2. The van der Waals surface area contributed by atoms with Crippen LogP contribution in [0.2, 0.25) is 0 Å². The van der Waals surface area contributed by atoms with Crippen molar-refractivity contribution in [2.45, 2.75) is 25.4 Å². The summed E-state index contributed by atoms with van der Waals surface area (Å²) in [6.07, 6.45) is 0.917. The highest BCUT2D eigenvalue weighted by Gasteiger charge is 2.41. The summed E-state index contributed by atoms with van der Waals surface area (Å²) in [5.41, 5.74) is 4.97. The summed E-state index contributed by atoms with van der Waals surface area (Å²) < 4.78 is 13.1. The minimum atomic E-state index is -0.00978. The Morgan fingerprint density at radius 3 is 2.54 bits per heavy atom. The fourth-order valence-electron chi connectivity index (χ4n) is 3.92. The van der Waals surface area contributed by atoms with Crippen molar-refractivity contribution >= 4 is 5.57 Å². The van der Waals surface area contributed by atoms with Crippen molar-refractivity contribution in [3.05, 3.63) is 72.3 Å². The molecule has 4 rings (SSSR count). The van der Waals surface area contributed by atoms with E-state index >= 15 is 0 Å². The molecule has 2 aliphatic rings. The standard InChI is InChI=1S/C23H26NO2/c1-16(13-14-24(2,3)4)22-18-10-6-7-11-20(18)25-15-19-17-9-5-8-12-21(17)26-23(19)22/h2,5-12,19,23H,13-15H2,1,3-4H3/q+1/b22-16-. The molecule has 0 saturated carbocycles. The Bertz CT molecular complexity index is 847. The topological polar surface area (TPSA) is 18.5 Å². The predicted octanol–water partition coefficient (Wildman–Crippen LogP) is 4.53. The van der Waals surface area contributed by atoms with Crippen molar-refractivity contribution < 1.29 is 14.0 Å². The zero-order valence-electron chi connectivity index (χ0n) is 15.7. The molecule has 2 aromatic rings. The molecule has 0 fully saturated rings. The third-order valence-electron chi connectivity index (χ3n) is 5.34. The normalized spacial score (nSPS) is 23.1. The number of rotatable bonds is 3. The van der Waals surface area contributed by atoms with Gasteiger partial charge in [0.25, 0.3) is 0 Å². The van der Waals surface area contributed by atoms with Gasteiger partial charge >= 0.3 is 0 Å². The maximum atomic E-state index is 6.44. The second kappa shape index (κ2) is 6.48. The summed E-state index contributed by atoms with van der Waals surface area (Å²) in [4.78, 5) is 0. The summed E-state index contributed by atoms with van der Waals surface area (Å²) in [6, 6.07) is 16.6. The Morgan fingerprint density at radius 2 is 1.77 bits per heavy atom. The first-order valence-electron chi connectivity index (χ1n) is 9.23. The first-order valence-corrected chi connectivity index (χ1v) is 9.23. The number of hydrogen-bond donors (Lipinski definition) is 0. The van der Waals surface area contributed by atoms with Crippen LogP contribution in [0.5, 0.6) is 11.5 Å². The molecule has 2 aliphatic heterocycles. The molecule has 2 heterocycles. The Morgan fingerprint density at radius 1 is 1.08 bits per heavy atom. The zero-order valence-corrected chi connectivity index (χ0v) is 15.7. The average molecular weight is 348 g/mol. The van der Waals surface area contributed by atoms with Gasteiger partial charge in [-0.2, -0.15) is 0 Å². The van der Waals surface area contributed by atoms with Crippen LogP contribution >= 0.6 is 0 Å². The molecule has 0 bridgehead atoms. The van der Waals surface area contributed by atoms with Gasteiger partial charge in [0.15, 0.2) is 0 Å². The van der Waals surface area contributed by atoms with Crippen LogP contribution < -0.4 is 9.47 Å². The molecule has 0 aliphatic carbocycles. The quantitative estimate of drug-likeness (QED) is 0.759. The molecule has 134 valence electrons. The molecule has 0 aromatic heterocycles. The minimum Gasteiger partial charge on any atom is -0.492 e. The first kappa shape index (κ1) is 17.2. The van der Waals surface area contributed by atoms with Gasteiger partial charge in [-0.15, -0.1) is 0 Å². The molecule has 26 heavy (non-hydrogen) atoms. The van der Waals surface area contributed by atoms with E-state index in [1.165, 1.54) is 16.7 Å². The second-order valence-electron chi connectivity index (χ2n) is 7.94. The first-order chi connectivity index (χ1) is 12.4. The third-order valence-corrected chi connectivity index (χ3v) is 5.34. The second-order valence-corrected chi connectivity index (χ2v) is 7.94. The molecular weight excluding hydrogens is 322 g/mol. The Kier molecular flexibility index (Phi) is 4.28. The number of para-hydroxylation sites is 2. The van der Waals surface area contributed by atoms with Crippen LogP contribution in [0.4, 0.5) is 0 Å². The van der Waals surface area contributed by atoms with Crippen molar-refractivity contribution in [1.29, 1.82) is 0 Å². The van der Waals surface area contributed by atoms with E-state index in [2.05, 4.69) is 43.3 Å². The Hall–Kier alpha value is -2.26. The maximum Gasteiger partial charge on any atom is 0.206 e. The smallest absolute Gasteiger partial charge is 0.206 e. The van der Waals surface area contributed by atoms with Crippen LogP contribution in [0.1, 0.15) is 30.4 Å². The number of fused-ring (bicyclic) bond motifs is 4. The van der Waals surface area contributed by atoms with Crippen molar-refractivity contribution in [2.75, 3.05) is 27.2 Å². The number of hydrogen-bond acceptors (Lipinski definition) is 2. The van der Waals surface area contributed by atoms with E-state index < -0.39 is 0 Å². The van der Waals surface area contributed by atoms with Crippen molar-refractivity contribution in [1.82, 2.24) is 0 Å². The van der Waals surface area contributed by atoms with E-state index in [1.54, 1.807) is 0 Å². The fourth-order valence-corrected chi connectivity index (χ4v) is 3.92. The van der Waals surface area contributed by atoms with E-state index in [9.17, 15) is 0 Å². The molecular formula is C23H26NO2+. The lowest BCUT2D eigenvalue weighted by molar-refractivity contribution is -0.845. The predicted molar refractivity (Wildman–Crippen MR) is 104 cm³/mol. The number of quaternary nitrogens is 1. The molecule has 2 radical (unpaired) electrons. The number of benzene rings is 2. The minimum absolute atomic E-state index is 0.00978. The van der Waals surface area contributed by atoms with Crippen LogP contribution in [-0.4, -0.2) is 37.8 Å². The highest BCUT2D eigenvalue weighted by Crippen LogP contribution is 2.48. The maximum absolute atomic E-state index is 6.44. The summed E-state index contributed by atoms with van der Waals surface area (Å²) in [5, 5.41) is 0. The van der Waals surface area contributed by atoms with Crippen LogP contribution in [0.25, 0.3) is 5.57 Å². The monoisotopic (exact) mass is 348 g/mol. The van der Waals surface area contributed by atoms with Crippen molar-refractivity contribution in [3.63, 3.8) is 0 Å². The van der Waals surface area contributed by atoms with Gasteiger partial charge < -0.3 is 14.0 Å². The van der Waals surface area contributed by atoms with Gasteiger partial charge in [0, 0.05) is 23.1 Å². The lowest BCUT2D eigenvalue weighted by Gasteiger charge is -2.25. The molecule has 0 spiro atoms. The van der Waals surface area contributed by atoms with Crippen molar-refractivity contribution in [3.8, 4) is 11.5 Å². The van der Waals surface area contributed by atoms with Crippen LogP contribution in [0, 0.1) is 7.05 Å². The molecule has 0 saturated heterocycles. The molecule has 0 amide bonds. The van der Waals surface area contributed by atoms with E-state index in [4.69, 9.17) is 16.5 Å². The average Bonchev–Trinajstić information content (AvgIpc) is 2.88. The molecule has 0 N–H and O–H groups in total. The molecule has 3 heteroatoms. The SMILES string of the molecule is [CH][N+](C)(C)CC/C(C)=C1/c2ccccc2OCC2c3ccccc3OC12. The summed E-state index contributed by atoms with van der Waals surface area (Å²) in [5.74, 6) is 2.13. The van der Waals surface area contributed by atoms with Gasteiger partial charge in [-0.25, -0.2) is 0 Å². The number of nitrogens with zero attached hydrogens (tertiary/aromatic N) is 1. The molecule has 3 nitrogen and oxygen atoms in total. The fraction of sp³-hybridized carbons (Fsp3) is 0.348. The largest absolute Gasteiger partial charge is 0.492 e. The lowest BCUT2D eigenvalue weighted by atomic mass is 9.86. The van der Waals surface area contributed by atoms with Gasteiger partial charge in [0.2, 0.25) is 7.05 Å². The third kappa shape index (κ3) is 3.12. The van der Waals surface area contributed by atoms with Gasteiger partial charge in [-0.3, -0.25) is 0 Å². The van der Waals surface area contributed by atoms with E-state index in [0.29, 0.717) is 11.1 Å². The molecule has 2 atom stereocenters. The van der Waals surface area contributed by atoms with Gasteiger partial charge in [-0.1, -0.05) is 42.0 Å². The van der Waals surface area contributed by atoms with Crippen LogP contribution in [0.3, 0.4) is 0 Å².